The fourth-order valence-electron chi connectivity index (χ4n) is 2.98. The number of piperazine rings is 1. The molecule has 0 aliphatic carbocycles. The lowest BCUT2D eigenvalue weighted by Gasteiger charge is -2.35. The van der Waals surface area contributed by atoms with Crippen molar-refractivity contribution < 1.29 is 5.11 Å². The number of hydrogen-bond donors (Lipinski definition) is 2. The molecule has 3 heteroatoms. The molecule has 1 unspecified atom stereocenters. The Morgan fingerprint density at radius 3 is 2.39 bits per heavy atom. The molecule has 0 aromatic heterocycles. The second-order valence-corrected chi connectivity index (χ2v) is 5.34. The van der Waals surface area contributed by atoms with E-state index in [1.54, 1.807) is 0 Å². The van der Waals surface area contributed by atoms with Gasteiger partial charge < -0.3 is 10.4 Å². The molecule has 0 amide bonds. The summed E-state index contributed by atoms with van der Waals surface area (Å²) in [6, 6.07) is 2.32. The van der Waals surface area contributed by atoms with Gasteiger partial charge in [-0.15, -0.1) is 0 Å². The predicted octanol–water partition coefficient (Wildman–Crippen LogP) is 2.28. The predicted molar refractivity (Wildman–Crippen MR) is 75.2 cm³/mol. The van der Waals surface area contributed by atoms with E-state index in [4.69, 9.17) is 0 Å². The maximum Gasteiger partial charge on any atom is 0.119 e. The highest BCUT2D eigenvalue weighted by Crippen LogP contribution is 2.33. The number of rotatable bonds is 2. The fourth-order valence-corrected chi connectivity index (χ4v) is 2.98. The third-order valence-electron chi connectivity index (χ3n) is 4.25. The van der Waals surface area contributed by atoms with Gasteiger partial charge in [0.1, 0.15) is 5.75 Å². The van der Waals surface area contributed by atoms with Crippen LogP contribution in [0.2, 0.25) is 0 Å². The molecule has 1 aliphatic heterocycles. The zero-order valence-electron chi connectivity index (χ0n) is 11.9. The molecule has 0 radical (unpaired) electrons. The Morgan fingerprint density at radius 2 is 1.78 bits per heavy atom. The first kappa shape index (κ1) is 13.4. The van der Waals surface area contributed by atoms with Gasteiger partial charge in [0.25, 0.3) is 0 Å². The number of nitrogens with zero attached hydrogens (tertiary/aromatic N) is 1. The highest BCUT2D eigenvalue weighted by molar-refractivity contribution is 5.48. The van der Waals surface area contributed by atoms with E-state index in [2.05, 4.69) is 31.0 Å². The van der Waals surface area contributed by atoms with E-state index >= 15 is 0 Å². The van der Waals surface area contributed by atoms with Crippen LogP contribution in [0, 0.1) is 20.8 Å². The number of aromatic hydroxyl groups is 1. The van der Waals surface area contributed by atoms with Gasteiger partial charge in [-0.3, -0.25) is 4.90 Å². The third kappa shape index (κ3) is 2.38. The average Bonchev–Trinajstić information content (AvgIpc) is 2.37. The zero-order chi connectivity index (χ0) is 13.3. The Labute approximate surface area is 110 Å². The van der Waals surface area contributed by atoms with Crippen molar-refractivity contribution in [3.63, 3.8) is 0 Å². The summed E-state index contributed by atoms with van der Waals surface area (Å²) in [6.07, 6.45) is 0. The quantitative estimate of drug-likeness (QED) is 0.843. The van der Waals surface area contributed by atoms with Gasteiger partial charge in [-0.25, -0.2) is 0 Å². The van der Waals surface area contributed by atoms with Gasteiger partial charge in [0.2, 0.25) is 0 Å². The van der Waals surface area contributed by atoms with Gasteiger partial charge in [0.05, 0.1) is 0 Å². The van der Waals surface area contributed by atoms with Crippen LogP contribution in [0.5, 0.6) is 5.75 Å². The molecular formula is C15H24N2O. The van der Waals surface area contributed by atoms with Gasteiger partial charge in [0.15, 0.2) is 0 Å². The Hall–Kier alpha value is -1.06. The van der Waals surface area contributed by atoms with Crippen LogP contribution >= 0.6 is 0 Å². The molecule has 3 nitrogen and oxygen atoms in total. The van der Waals surface area contributed by atoms with Crippen LogP contribution in [-0.4, -0.2) is 36.2 Å². The first-order valence-corrected chi connectivity index (χ1v) is 6.76. The van der Waals surface area contributed by atoms with Crippen molar-refractivity contribution >= 4 is 0 Å². The number of benzene rings is 1. The third-order valence-corrected chi connectivity index (χ3v) is 4.25. The molecule has 1 aliphatic rings. The average molecular weight is 248 g/mol. The van der Waals surface area contributed by atoms with Crippen LogP contribution in [-0.2, 0) is 0 Å². The molecule has 2 rings (SSSR count). The van der Waals surface area contributed by atoms with Crippen LogP contribution < -0.4 is 5.32 Å². The summed E-state index contributed by atoms with van der Waals surface area (Å²) >= 11 is 0. The van der Waals surface area contributed by atoms with E-state index in [9.17, 15) is 5.11 Å². The normalized spacial score (nSPS) is 18.9. The summed E-state index contributed by atoms with van der Waals surface area (Å²) in [5, 5.41) is 13.3. The maximum atomic E-state index is 9.87. The topological polar surface area (TPSA) is 35.5 Å². The second-order valence-electron chi connectivity index (χ2n) is 5.34. The Balaban J connectivity index is 2.34. The van der Waals surface area contributed by atoms with Crippen molar-refractivity contribution in [2.75, 3.05) is 26.2 Å². The maximum absolute atomic E-state index is 9.87. The van der Waals surface area contributed by atoms with Crippen molar-refractivity contribution in [3.05, 3.63) is 28.3 Å². The number of phenols is 1. The van der Waals surface area contributed by atoms with Crippen molar-refractivity contribution in [2.24, 2.45) is 0 Å². The van der Waals surface area contributed by atoms with Gasteiger partial charge >= 0.3 is 0 Å². The number of hydrogen-bond acceptors (Lipinski definition) is 3. The second kappa shape index (κ2) is 5.29. The molecule has 100 valence electrons. The summed E-state index contributed by atoms with van der Waals surface area (Å²) in [4.78, 5) is 2.52. The highest BCUT2D eigenvalue weighted by atomic mass is 16.3. The minimum absolute atomic E-state index is 0.418. The molecule has 0 spiro atoms. The molecule has 1 aromatic carbocycles. The van der Waals surface area contributed by atoms with E-state index in [-0.39, 0.29) is 0 Å². The smallest absolute Gasteiger partial charge is 0.119 e. The lowest BCUT2D eigenvalue weighted by Crippen LogP contribution is -2.44. The molecular weight excluding hydrogens is 224 g/mol. The van der Waals surface area contributed by atoms with Gasteiger partial charge in [-0.05, 0) is 56.0 Å². The van der Waals surface area contributed by atoms with Crippen molar-refractivity contribution in [2.45, 2.75) is 33.7 Å². The van der Waals surface area contributed by atoms with Gasteiger partial charge in [-0.1, -0.05) is 0 Å². The standard InChI is InChI=1S/C15H24N2O/c1-10-9-14(18)11(2)12(3)15(10)13(4)17-7-5-16-6-8-17/h9,13,16,18H,5-8H2,1-4H3. The Bertz CT molecular complexity index is 437. The minimum Gasteiger partial charge on any atom is -0.508 e. The van der Waals surface area contributed by atoms with Crippen LogP contribution in [0.3, 0.4) is 0 Å². The summed E-state index contributed by atoms with van der Waals surface area (Å²) in [5.74, 6) is 0.418. The Morgan fingerprint density at radius 1 is 1.17 bits per heavy atom. The van der Waals surface area contributed by atoms with E-state index in [0.29, 0.717) is 11.8 Å². The number of phenolic OH excluding ortho intramolecular Hbond substituents is 1. The molecule has 1 heterocycles. The van der Waals surface area contributed by atoms with E-state index in [1.807, 2.05) is 13.0 Å². The van der Waals surface area contributed by atoms with Crippen LogP contribution in [0.15, 0.2) is 6.07 Å². The molecule has 1 aromatic rings. The van der Waals surface area contributed by atoms with Crippen LogP contribution in [0.25, 0.3) is 0 Å². The van der Waals surface area contributed by atoms with Crippen molar-refractivity contribution in [1.29, 1.82) is 0 Å². The highest BCUT2D eigenvalue weighted by Gasteiger charge is 2.22. The first-order chi connectivity index (χ1) is 8.52. The molecule has 1 atom stereocenters. The van der Waals surface area contributed by atoms with Crippen LogP contribution in [0.4, 0.5) is 0 Å². The monoisotopic (exact) mass is 248 g/mol. The minimum atomic E-state index is 0.418. The SMILES string of the molecule is Cc1cc(O)c(C)c(C)c1C(C)N1CCNCC1. The van der Waals surface area contributed by atoms with E-state index < -0.39 is 0 Å². The zero-order valence-corrected chi connectivity index (χ0v) is 11.9. The summed E-state index contributed by atoms with van der Waals surface area (Å²) < 4.78 is 0. The first-order valence-electron chi connectivity index (χ1n) is 6.76. The molecule has 1 saturated heterocycles. The van der Waals surface area contributed by atoms with Crippen LogP contribution in [0.1, 0.15) is 35.2 Å². The summed E-state index contributed by atoms with van der Waals surface area (Å²) in [7, 11) is 0. The molecule has 0 saturated carbocycles. The molecule has 18 heavy (non-hydrogen) atoms. The largest absolute Gasteiger partial charge is 0.508 e. The molecule has 2 N–H and O–H groups in total. The fraction of sp³-hybridized carbons (Fsp3) is 0.600. The molecule has 0 bridgehead atoms. The van der Waals surface area contributed by atoms with E-state index in [0.717, 1.165) is 31.7 Å². The molecule has 1 fully saturated rings. The van der Waals surface area contributed by atoms with Crippen molar-refractivity contribution in [3.8, 4) is 5.75 Å². The Kier molecular flexibility index (Phi) is 3.93. The number of nitrogens with one attached hydrogen (secondary N) is 1. The lowest BCUT2D eigenvalue weighted by molar-refractivity contribution is 0.184. The lowest BCUT2D eigenvalue weighted by atomic mass is 9.92. The summed E-state index contributed by atoms with van der Waals surface area (Å²) in [6.45, 7) is 12.8. The van der Waals surface area contributed by atoms with Gasteiger partial charge in [0, 0.05) is 32.2 Å². The summed E-state index contributed by atoms with van der Waals surface area (Å²) in [5.41, 5.74) is 4.82. The van der Waals surface area contributed by atoms with Crippen molar-refractivity contribution in [1.82, 2.24) is 10.2 Å². The number of aryl methyl sites for hydroxylation is 1. The van der Waals surface area contributed by atoms with Gasteiger partial charge in [-0.2, -0.15) is 0 Å². The van der Waals surface area contributed by atoms with E-state index in [1.165, 1.54) is 16.7 Å².